The quantitative estimate of drug-likeness (QED) is 0.748. The predicted octanol–water partition coefficient (Wildman–Crippen LogP) is 1.83. The molecule has 1 unspecified atom stereocenters. The number of esters is 1. The first kappa shape index (κ1) is 15.5. The highest BCUT2D eigenvalue weighted by Gasteiger charge is 2.71. The molecule has 0 aromatic heterocycles. The first-order valence-electron chi connectivity index (χ1n) is 7.93. The Morgan fingerprint density at radius 2 is 1.91 bits per heavy atom. The maximum atomic E-state index is 12.9. The Kier molecular flexibility index (Phi) is 3.23. The number of carbonyl (C=O) groups is 2. The molecule has 0 spiro atoms. The van der Waals surface area contributed by atoms with Crippen molar-refractivity contribution in [1.29, 1.82) is 0 Å². The zero-order valence-electron chi connectivity index (χ0n) is 13.8. The molecule has 2 fully saturated rings. The summed E-state index contributed by atoms with van der Waals surface area (Å²) in [6, 6.07) is 0. The zero-order valence-corrected chi connectivity index (χ0v) is 13.8. The van der Waals surface area contributed by atoms with Crippen LogP contribution in [0.15, 0.2) is 11.3 Å². The molecule has 1 saturated carbocycles. The first-order valence-corrected chi connectivity index (χ1v) is 7.93. The Bertz CT molecular complexity index is 580. The number of hydrogen-bond acceptors (Lipinski definition) is 5. The van der Waals surface area contributed by atoms with E-state index in [2.05, 4.69) is 0 Å². The first-order chi connectivity index (χ1) is 10.2. The fourth-order valence-corrected chi connectivity index (χ4v) is 5.23. The molecular formula is C17H24O5. The topological polar surface area (TPSA) is 72.8 Å². The van der Waals surface area contributed by atoms with Gasteiger partial charge >= 0.3 is 5.97 Å². The lowest BCUT2D eigenvalue weighted by molar-refractivity contribution is -0.248. The standard InChI is InChI=1S/C17H24O5/c1-8-6-7-11-16(4)12(8)13(18)14(21-5)9(2)17(16,20)10(3)15(19)22-11/h8,10-12,20H,6-7H2,1-5H3/t8-,10?,11+,12-,16+,17-/m1/s1. The van der Waals surface area contributed by atoms with Crippen LogP contribution < -0.4 is 0 Å². The third-order valence-electron chi connectivity index (χ3n) is 6.45. The van der Waals surface area contributed by atoms with Gasteiger partial charge < -0.3 is 14.6 Å². The van der Waals surface area contributed by atoms with Gasteiger partial charge in [0.25, 0.3) is 0 Å². The number of methoxy groups -OCH3 is 1. The van der Waals surface area contributed by atoms with Crippen molar-refractivity contribution < 1.29 is 24.2 Å². The highest BCUT2D eigenvalue weighted by atomic mass is 16.6. The van der Waals surface area contributed by atoms with Gasteiger partial charge in [0.2, 0.25) is 5.78 Å². The molecule has 1 aliphatic heterocycles. The molecule has 5 nitrogen and oxygen atoms in total. The van der Waals surface area contributed by atoms with Crippen molar-refractivity contribution in [3.8, 4) is 0 Å². The highest BCUT2D eigenvalue weighted by Crippen LogP contribution is 2.62. The van der Waals surface area contributed by atoms with Crippen LogP contribution in [0, 0.1) is 23.2 Å². The molecule has 22 heavy (non-hydrogen) atoms. The van der Waals surface area contributed by atoms with Gasteiger partial charge in [-0.3, -0.25) is 9.59 Å². The Hall–Kier alpha value is -1.36. The van der Waals surface area contributed by atoms with Crippen molar-refractivity contribution in [3.05, 3.63) is 11.3 Å². The van der Waals surface area contributed by atoms with Crippen LogP contribution in [-0.4, -0.2) is 35.7 Å². The van der Waals surface area contributed by atoms with Gasteiger partial charge in [-0.2, -0.15) is 0 Å². The van der Waals surface area contributed by atoms with E-state index >= 15 is 0 Å². The molecule has 0 bridgehead atoms. The molecule has 6 atom stereocenters. The SMILES string of the molecule is COC1=C(C)[C@@]2(O)C(C)C(=O)O[C@H]3CC[C@@H](C)[C@H](C1=O)[C@]32C. The maximum Gasteiger partial charge on any atom is 0.312 e. The van der Waals surface area contributed by atoms with Gasteiger partial charge in [0.05, 0.1) is 13.0 Å². The number of ketones is 1. The lowest BCUT2D eigenvalue weighted by atomic mass is 9.45. The minimum absolute atomic E-state index is 0.0745. The third kappa shape index (κ3) is 1.48. The number of ether oxygens (including phenoxy) is 2. The summed E-state index contributed by atoms with van der Waals surface area (Å²) in [4.78, 5) is 25.2. The second-order valence-corrected chi connectivity index (χ2v) is 7.25. The van der Waals surface area contributed by atoms with Gasteiger partial charge in [-0.1, -0.05) is 13.8 Å². The van der Waals surface area contributed by atoms with Crippen LogP contribution in [0.3, 0.4) is 0 Å². The Morgan fingerprint density at radius 1 is 1.27 bits per heavy atom. The summed E-state index contributed by atoms with van der Waals surface area (Å²) in [5.74, 6) is -1.27. The molecule has 1 saturated heterocycles. The predicted molar refractivity (Wildman–Crippen MR) is 78.7 cm³/mol. The van der Waals surface area contributed by atoms with Gasteiger partial charge in [-0.05, 0) is 32.6 Å². The molecule has 3 aliphatic rings. The van der Waals surface area contributed by atoms with Crippen LogP contribution in [0.1, 0.15) is 40.5 Å². The van der Waals surface area contributed by atoms with E-state index in [4.69, 9.17) is 9.47 Å². The summed E-state index contributed by atoms with van der Waals surface area (Å²) in [5, 5.41) is 11.6. The molecule has 0 aromatic rings. The maximum absolute atomic E-state index is 12.9. The van der Waals surface area contributed by atoms with Crippen molar-refractivity contribution in [3.63, 3.8) is 0 Å². The van der Waals surface area contributed by atoms with E-state index in [9.17, 15) is 14.7 Å². The summed E-state index contributed by atoms with van der Waals surface area (Å²) in [7, 11) is 1.44. The molecule has 0 amide bonds. The monoisotopic (exact) mass is 308 g/mol. The number of rotatable bonds is 1. The summed E-state index contributed by atoms with van der Waals surface area (Å²) in [5.41, 5.74) is -1.76. The molecule has 1 N–H and O–H groups in total. The van der Waals surface area contributed by atoms with Crippen LogP contribution in [0.25, 0.3) is 0 Å². The van der Waals surface area contributed by atoms with E-state index < -0.39 is 34.9 Å². The smallest absolute Gasteiger partial charge is 0.312 e. The number of allylic oxidation sites excluding steroid dienone is 1. The molecule has 2 aliphatic carbocycles. The molecule has 0 aromatic carbocycles. The van der Waals surface area contributed by atoms with E-state index in [1.54, 1.807) is 13.8 Å². The largest absolute Gasteiger partial charge is 0.493 e. The van der Waals surface area contributed by atoms with Crippen LogP contribution in [0.2, 0.25) is 0 Å². The second-order valence-electron chi connectivity index (χ2n) is 7.25. The van der Waals surface area contributed by atoms with Crippen LogP contribution in [0.4, 0.5) is 0 Å². The van der Waals surface area contributed by atoms with Crippen LogP contribution >= 0.6 is 0 Å². The number of carbonyl (C=O) groups excluding carboxylic acids is 2. The number of Topliss-reactive ketones (excluding diaryl/α,β-unsaturated/α-hetero) is 1. The van der Waals surface area contributed by atoms with Gasteiger partial charge in [-0.15, -0.1) is 0 Å². The lowest BCUT2D eigenvalue weighted by Crippen LogP contribution is -2.72. The normalized spacial score (nSPS) is 47.9. The average molecular weight is 308 g/mol. The van der Waals surface area contributed by atoms with Crippen LogP contribution in [-0.2, 0) is 19.1 Å². The summed E-state index contributed by atoms with van der Waals surface area (Å²) in [6.45, 7) is 7.30. The van der Waals surface area contributed by atoms with Crippen molar-refractivity contribution in [1.82, 2.24) is 0 Å². The fraction of sp³-hybridized carbons (Fsp3) is 0.765. The molecule has 0 radical (unpaired) electrons. The molecule has 1 heterocycles. The van der Waals surface area contributed by atoms with Crippen LogP contribution in [0.5, 0.6) is 0 Å². The van der Waals surface area contributed by atoms with E-state index in [1.807, 2.05) is 13.8 Å². The summed E-state index contributed by atoms with van der Waals surface area (Å²) in [6.07, 6.45) is 1.04. The van der Waals surface area contributed by atoms with E-state index in [1.165, 1.54) is 7.11 Å². The number of aliphatic hydroxyl groups is 1. The van der Waals surface area contributed by atoms with Crippen molar-refractivity contribution in [2.75, 3.05) is 7.11 Å². The van der Waals surface area contributed by atoms with Gasteiger partial charge in [0, 0.05) is 16.9 Å². The molecule has 122 valence electrons. The molecular weight excluding hydrogens is 284 g/mol. The summed E-state index contributed by atoms with van der Waals surface area (Å²) < 4.78 is 10.9. The van der Waals surface area contributed by atoms with Crippen molar-refractivity contribution in [2.45, 2.75) is 52.2 Å². The lowest BCUT2D eigenvalue weighted by Gasteiger charge is -2.62. The number of hydrogen-bond donors (Lipinski definition) is 1. The van der Waals surface area contributed by atoms with E-state index in [-0.39, 0.29) is 17.5 Å². The van der Waals surface area contributed by atoms with E-state index in [0.29, 0.717) is 12.0 Å². The minimum Gasteiger partial charge on any atom is -0.493 e. The summed E-state index contributed by atoms with van der Waals surface area (Å²) >= 11 is 0. The highest BCUT2D eigenvalue weighted by molar-refractivity contribution is 5.99. The van der Waals surface area contributed by atoms with Crippen molar-refractivity contribution in [2.24, 2.45) is 23.2 Å². The molecule has 5 heteroatoms. The fourth-order valence-electron chi connectivity index (χ4n) is 5.23. The van der Waals surface area contributed by atoms with Gasteiger partial charge in [0.1, 0.15) is 11.7 Å². The zero-order chi connectivity index (χ0) is 16.4. The third-order valence-corrected chi connectivity index (χ3v) is 6.45. The minimum atomic E-state index is -1.41. The Morgan fingerprint density at radius 3 is 2.50 bits per heavy atom. The average Bonchev–Trinajstić information content (AvgIpc) is 2.46. The van der Waals surface area contributed by atoms with Gasteiger partial charge in [-0.25, -0.2) is 0 Å². The van der Waals surface area contributed by atoms with Gasteiger partial charge in [0.15, 0.2) is 5.76 Å². The Balaban J connectivity index is 2.32. The second kappa shape index (κ2) is 4.57. The Labute approximate surface area is 130 Å². The molecule has 3 rings (SSSR count). The van der Waals surface area contributed by atoms with E-state index in [0.717, 1.165) is 6.42 Å². The van der Waals surface area contributed by atoms with Crippen molar-refractivity contribution >= 4 is 11.8 Å².